The van der Waals surface area contributed by atoms with E-state index in [2.05, 4.69) is 21.8 Å². The fraction of sp³-hybridized carbons (Fsp3) is 0.714. The van der Waals surface area contributed by atoms with Gasteiger partial charge >= 0.3 is 5.69 Å². The molecular formula is C14H22N6O3. The Bertz CT molecular complexity index is 590. The van der Waals surface area contributed by atoms with Crippen molar-refractivity contribution >= 4 is 23.3 Å². The predicted molar refractivity (Wildman–Crippen MR) is 86.7 cm³/mol. The Kier molecular flexibility index (Phi) is 4.46. The van der Waals surface area contributed by atoms with Crippen LogP contribution in [0.1, 0.15) is 19.8 Å². The number of morpholine rings is 1. The van der Waals surface area contributed by atoms with Gasteiger partial charge in [-0.25, -0.2) is 0 Å². The Morgan fingerprint density at radius 2 is 2.00 bits per heavy atom. The second kappa shape index (κ2) is 6.53. The molecule has 1 aromatic heterocycles. The average molecular weight is 322 g/mol. The van der Waals surface area contributed by atoms with Crippen LogP contribution in [0.3, 0.4) is 0 Å². The summed E-state index contributed by atoms with van der Waals surface area (Å²) in [4.78, 5) is 23.5. The highest BCUT2D eigenvalue weighted by Gasteiger charge is 2.30. The van der Waals surface area contributed by atoms with Gasteiger partial charge in [-0.2, -0.15) is 9.97 Å². The predicted octanol–water partition coefficient (Wildman–Crippen LogP) is 1.04. The van der Waals surface area contributed by atoms with E-state index in [0.717, 1.165) is 19.5 Å². The Balaban J connectivity index is 1.98. The zero-order chi connectivity index (χ0) is 16.4. The molecule has 3 heterocycles. The topological polar surface area (TPSA) is 111 Å². The molecule has 3 rings (SSSR count). The lowest BCUT2D eigenvalue weighted by atomic mass is 10.0. The molecule has 0 aliphatic carbocycles. The molecule has 126 valence electrons. The third-order valence-corrected chi connectivity index (χ3v) is 4.31. The van der Waals surface area contributed by atoms with Crippen molar-refractivity contribution in [2.24, 2.45) is 5.92 Å². The molecule has 2 fully saturated rings. The first-order chi connectivity index (χ1) is 11.1. The van der Waals surface area contributed by atoms with Gasteiger partial charge in [0.05, 0.1) is 18.1 Å². The molecule has 0 aromatic carbocycles. The van der Waals surface area contributed by atoms with Gasteiger partial charge in [0, 0.05) is 26.2 Å². The van der Waals surface area contributed by atoms with Crippen LogP contribution in [0.15, 0.2) is 0 Å². The fourth-order valence-corrected chi connectivity index (χ4v) is 3.13. The summed E-state index contributed by atoms with van der Waals surface area (Å²) in [6.07, 6.45) is 2.24. The summed E-state index contributed by atoms with van der Waals surface area (Å²) < 4.78 is 5.32. The summed E-state index contributed by atoms with van der Waals surface area (Å²) in [7, 11) is 0. The largest absolute Gasteiger partial charge is 0.378 e. The van der Waals surface area contributed by atoms with Crippen molar-refractivity contribution in [1.82, 2.24) is 9.97 Å². The highest BCUT2D eigenvalue weighted by atomic mass is 16.6. The smallest absolute Gasteiger partial charge is 0.353 e. The highest BCUT2D eigenvalue weighted by molar-refractivity contribution is 5.71. The molecule has 1 atom stereocenters. The van der Waals surface area contributed by atoms with Gasteiger partial charge in [-0.3, -0.25) is 10.1 Å². The van der Waals surface area contributed by atoms with Gasteiger partial charge in [0.2, 0.25) is 17.6 Å². The molecule has 0 bridgehead atoms. The summed E-state index contributed by atoms with van der Waals surface area (Å²) in [6, 6.07) is 0. The third-order valence-electron chi connectivity index (χ3n) is 4.31. The molecule has 2 saturated heterocycles. The number of piperidine rings is 1. The molecule has 2 aliphatic heterocycles. The van der Waals surface area contributed by atoms with Crippen molar-refractivity contribution in [2.75, 3.05) is 54.9 Å². The summed E-state index contributed by atoms with van der Waals surface area (Å²) >= 11 is 0. The molecule has 2 N–H and O–H groups in total. The van der Waals surface area contributed by atoms with Crippen LogP contribution in [0.25, 0.3) is 0 Å². The number of nitrogen functional groups attached to an aromatic ring is 1. The fourth-order valence-electron chi connectivity index (χ4n) is 3.13. The first kappa shape index (κ1) is 15.7. The van der Waals surface area contributed by atoms with E-state index in [1.807, 2.05) is 4.90 Å². The number of nitro groups is 1. The van der Waals surface area contributed by atoms with Gasteiger partial charge in [-0.05, 0) is 18.8 Å². The van der Waals surface area contributed by atoms with E-state index in [1.165, 1.54) is 6.42 Å². The summed E-state index contributed by atoms with van der Waals surface area (Å²) in [5.74, 6) is 1.27. The molecule has 23 heavy (non-hydrogen) atoms. The number of aromatic nitrogens is 2. The van der Waals surface area contributed by atoms with E-state index in [-0.39, 0.29) is 11.5 Å². The highest BCUT2D eigenvalue weighted by Crippen LogP contribution is 2.34. The molecule has 0 saturated carbocycles. The van der Waals surface area contributed by atoms with E-state index < -0.39 is 4.92 Å². The molecule has 2 aliphatic rings. The summed E-state index contributed by atoms with van der Waals surface area (Å²) in [5.41, 5.74) is 5.69. The van der Waals surface area contributed by atoms with Gasteiger partial charge in [-0.15, -0.1) is 0 Å². The Morgan fingerprint density at radius 1 is 1.26 bits per heavy atom. The Hall–Kier alpha value is -2.16. The van der Waals surface area contributed by atoms with Crippen molar-refractivity contribution in [3.05, 3.63) is 10.1 Å². The minimum Gasteiger partial charge on any atom is -0.378 e. The lowest BCUT2D eigenvalue weighted by Crippen LogP contribution is -2.39. The van der Waals surface area contributed by atoms with E-state index in [0.29, 0.717) is 44.0 Å². The van der Waals surface area contributed by atoms with Crippen LogP contribution < -0.4 is 15.5 Å². The number of rotatable bonds is 3. The lowest BCUT2D eigenvalue weighted by Gasteiger charge is -2.32. The SMILES string of the molecule is C[C@H]1CCCN(c2nc(N)c([N+](=O)[O-])c(N3CCOCC3)n2)C1. The number of nitrogens with two attached hydrogens (primary N) is 1. The van der Waals surface area contributed by atoms with Crippen LogP contribution in [0.2, 0.25) is 0 Å². The van der Waals surface area contributed by atoms with Crippen LogP contribution in [-0.4, -0.2) is 54.3 Å². The minimum atomic E-state index is -0.497. The average Bonchev–Trinajstić information content (AvgIpc) is 2.54. The molecule has 0 unspecified atom stereocenters. The first-order valence-corrected chi connectivity index (χ1v) is 7.96. The maximum absolute atomic E-state index is 11.4. The molecule has 0 radical (unpaired) electrons. The van der Waals surface area contributed by atoms with E-state index in [4.69, 9.17) is 10.5 Å². The third kappa shape index (κ3) is 3.29. The van der Waals surface area contributed by atoms with Crippen LogP contribution in [0, 0.1) is 16.0 Å². The standard InChI is InChI=1S/C14H22N6O3/c1-10-3-2-4-19(9-10)14-16-12(15)11(20(21)22)13(17-14)18-5-7-23-8-6-18/h10H,2-9H2,1H3,(H2,15,16,17)/t10-/m0/s1. The molecule has 1 aromatic rings. The van der Waals surface area contributed by atoms with E-state index in [9.17, 15) is 10.1 Å². The van der Waals surface area contributed by atoms with Gasteiger partial charge in [0.25, 0.3) is 0 Å². The zero-order valence-corrected chi connectivity index (χ0v) is 13.3. The van der Waals surface area contributed by atoms with Crippen LogP contribution >= 0.6 is 0 Å². The second-order valence-corrected chi connectivity index (χ2v) is 6.13. The van der Waals surface area contributed by atoms with E-state index in [1.54, 1.807) is 0 Å². The van der Waals surface area contributed by atoms with Crippen molar-refractivity contribution < 1.29 is 9.66 Å². The van der Waals surface area contributed by atoms with Crippen molar-refractivity contribution in [3.63, 3.8) is 0 Å². The summed E-state index contributed by atoms with van der Waals surface area (Å²) in [6.45, 7) is 6.06. The summed E-state index contributed by atoms with van der Waals surface area (Å²) in [5, 5.41) is 11.4. The normalized spacial score (nSPS) is 22.2. The van der Waals surface area contributed by atoms with Crippen molar-refractivity contribution in [3.8, 4) is 0 Å². The monoisotopic (exact) mass is 322 g/mol. The number of hydrogen-bond acceptors (Lipinski definition) is 8. The molecular weight excluding hydrogens is 300 g/mol. The van der Waals surface area contributed by atoms with Crippen LogP contribution in [0.4, 0.5) is 23.3 Å². The van der Waals surface area contributed by atoms with Gasteiger partial charge < -0.3 is 20.3 Å². The minimum absolute atomic E-state index is 0.0697. The molecule has 0 amide bonds. The lowest BCUT2D eigenvalue weighted by molar-refractivity contribution is -0.383. The second-order valence-electron chi connectivity index (χ2n) is 6.13. The number of nitrogens with zero attached hydrogens (tertiary/aromatic N) is 5. The van der Waals surface area contributed by atoms with Crippen molar-refractivity contribution in [1.29, 1.82) is 0 Å². The number of ether oxygens (including phenoxy) is 1. The molecule has 0 spiro atoms. The molecule has 9 nitrogen and oxygen atoms in total. The maximum atomic E-state index is 11.4. The maximum Gasteiger partial charge on any atom is 0.353 e. The van der Waals surface area contributed by atoms with E-state index >= 15 is 0 Å². The number of hydrogen-bond donors (Lipinski definition) is 1. The van der Waals surface area contributed by atoms with Gasteiger partial charge in [0.15, 0.2) is 0 Å². The van der Waals surface area contributed by atoms with Crippen LogP contribution in [0.5, 0.6) is 0 Å². The first-order valence-electron chi connectivity index (χ1n) is 7.96. The quantitative estimate of drug-likeness (QED) is 0.649. The van der Waals surface area contributed by atoms with Crippen molar-refractivity contribution in [2.45, 2.75) is 19.8 Å². The van der Waals surface area contributed by atoms with Gasteiger partial charge in [-0.1, -0.05) is 6.92 Å². The number of anilines is 3. The zero-order valence-electron chi connectivity index (χ0n) is 13.3. The molecule has 9 heteroatoms. The Labute approximate surface area is 134 Å². The Morgan fingerprint density at radius 3 is 2.65 bits per heavy atom. The van der Waals surface area contributed by atoms with Crippen LogP contribution in [-0.2, 0) is 4.74 Å². The van der Waals surface area contributed by atoms with Gasteiger partial charge in [0.1, 0.15) is 0 Å².